The molecule has 1 atom stereocenters. The van der Waals surface area contributed by atoms with Gasteiger partial charge in [-0.2, -0.15) is 0 Å². The molecule has 20 heavy (non-hydrogen) atoms. The van der Waals surface area contributed by atoms with Gasteiger partial charge in [0.15, 0.2) is 0 Å². The van der Waals surface area contributed by atoms with Crippen molar-refractivity contribution in [2.75, 3.05) is 7.05 Å². The van der Waals surface area contributed by atoms with Crippen LogP contribution in [0, 0.1) is 18.7 Å². The second kappa shape index (κ2) is 6.65. The van der Waals surface area contributed by atoms with Gasteiger partial charge in [0, 0.05) is 18.2 Å². The third-order valence-corrected chi connectivity index (χ3v) is 5.05. The number of sulfonamides is 1. The molecule has 0 aromatic heterocycles. The van der Waals surface area contributed by atoms with Crippen molar-refractivity contribution in [3.05, 3.63) is 29.1 Å². The van der Waals surface area contributed by atoms with Crippen LogP contribution in [0.25, 0.3) is 0 Å². The van der Waals surface area contributed by atoms with E-state index in [1.807, 2.05) is 13.8 Å². The van der Waals surface area contributed by atoms with Crippen LogP contribution in [-0.4, -0.2) is 21.5 Å². The molecule has 1 unspecified atom stereocenters. The average molecular weight is 302 g/mol. The highest BCUT2D eigenvalue weighted by Gasteiger charge is 2.23. The van der Waals surface area contributed by atoms with Crippen LogP contribution in [0.1, 0.15) is 31.9 Å². The minimum absolute atomic E-state index is 0.00949. The molecule has 0 aliphatic rings. The molecule has 1 rings (SSSR count). The van der Waals surface area contributed by atoms with Crippen LogP contribution in [0.3, 0.4) is 0 Å². The monoisotopic (exact) mass is 302 g/mol. The van der Waals surface area contributed by atoms with Gasteiger partial charge in [0.05, 0.1) is 4.90 Å². The Kier molecular flexibility index (Phi) is 5.68. The summed E-state index contributed by atoms with van der Waals surface area (Å²) in [4.78, 5) is 0.00949. The largest absolute Gasteiger partial charge is 0.316 e. The molecule has 0 spiro atoms. The van der Waals surface area contributed by atoms with Gasteiger partial charge in [0.25, 0.3) is 0 Å². The lowest BCUT2D eigenvalue weighted by Crippen LogP contribution is -2.36. The van der Waals surface area contributed by atoms with E-state index in [1.165, 1.54) is 19.1 Å². The Hall–Kier alpha value is -0.980. The highest BCUT2D eigenvalue weighted by molar-refractivity contribution is 7.89. The summed E-state index contributed by atoms with van der Waals surface area (Å²) in [5, 5.41) is 2.89. The lowest BCUT2D eigenvalue weighted by atomic mass is 10.1. The van der Waals surface area contributed by atoms with Gasteiger partial charge in [-0.15, -0.1) is 0 Å². The summed E-state index contributed by atoms with van der Waals surface area (Å²) in [6.07, 6.45) is 0. The molecule has 4 nitrogen and oxygen atoms in total. The SMILES string of the molecule is CNCc1cc(F)c(C)c(S(=O)(=O)NC(C)C(C)C)c1. The van der Waals surface area contributed by atoms with Crippen LogP contribution in [0.4, 0.5) is 4.39 Å². The van der Waals surface area contributed by atoms with E-state index in [1.54, 1.807) is 14.0 Å². The lowest BCUT2D eigenvalue weighted by molar-refractivity contribution is 0.476. The fourth-order valence-electron chi connectivity index (χ4n) is 1.74. The Morgan fingerprint density at radius 2 is 1.85 bits per heavy atom. The Labute approximate surface area is 120 Å². The van der Waals surface area contributed by atoms with E-state index in [9.17, 15) is 12.8 Å². The molecule has 2 N–H and O–H groups in total. The molecule has 0 aliphatic heterocycles. The zero-order valence-corrected chi connectivity index (χ0v) is 13.4. The van der Waals surface area contributed by atoms with Crippen LogP contribution < -0.4 is 10.0 Å². The number of hydrogen-bond acceptors (Lipinski definition) is 3. The van der Waals surface area contributed by atoms with E-state index in [0.717, 1.165) is 0 Å². The molecule has 6 heteroatoms. The molecule has 0 amide bonds. The number of rotatable bonds is 6. The third kappa shape index (κ3) is 4.01. The van der Waals surface area contributed by atoms with Crippen molar-refractivity contribution in [3.8, 4) is 0 Å². The molecule has 1 aromatic rings. The lowest BCUT2D eigenvalue weighted by Gasteiger charge is -2.19. The van der Waals surface area contributed by atoms with Crippen molar-refractivity contribution < 1.29 is 12.8 Å². The molecule has 1 aromatic carbocycles. The van der Waals surface area contributed by atoms with E-state index >= 15 is 0 Å². The molecule has 0 fully saturated rings. The molecule has 0 aliphatic carbocycles. The Bertz CT molecular complexity index is 571. The first-order valence-electron chi connectivity index (χ1n) is 6.65. The summed E-state index contributed by atoms with van der Waals surface area (Å²) in [6.45, 7) is 7.55. The predicted molar refractivity (Wildman–Crippen MR) is 78.5 cm³/mol. The van der Waals surface area contributed by atoms with Crippen molar-refractivity contribution >= 4 is 10.0 Å². The van der Waals surface area contributed by atoms with E-state index in [0.29, 0.717) is 12.1 Å². The first kappa shape index (κ1) is 17.1. The van der Waals surface area contributed by atoms with Gasteiger partial charge in [-0.25, -0.2) is 17.5 Å². The predicted octanol–water partition coefficient (Wildman–Crippen LogP) is 2.18. The quantitative estimate of drug-likeness (QED) is 0.847. The zero-order chi connectivity index (χ0) is 15.5. The number of halogens is 1. The number of hydrogen-bond donors (Lipinski definition) is 2. The summed E-state index contributed by atoms with van der Waals surface area (Å²) in [5.41, 5.74) is 0.751. The summed E-state index contributed by atoms with van der Waals surface area (Å²) in [5.74, 6) is -0.342. The summed E-state index contributed by atoms with van der Waals surface area (Å²) >= 11 is 0. The molecule has 0 saturated carbocycles. The average Bonchev–Trinajstić information content (AvgIpc) is 2.33. The van der Waals surface area contributed by atoms with Gasteiger partial charge in [-0.3, -0.25) is 0 Å². The van der Waals surface area contributed by atoms with Gasteiger partial charge in [0.1, 0.15) is 5.82 Å². The van der Waals surface area contributed by atoms with E-state index < -0.39 is 15.8 Å². The fourth-order valence-corrected chi connectivity index (χ4v) is 3.43. The highest BCUT2D eigenvalue weighted by atomic mass is 32.2. The van der Waals surface area contributed by atoms with Crippen LogP contribution in [0.5, 0.6) is 0 Å². The van der Waals surface area contributed by atoms with Gasteiger partial charge in [-0.05, 0) is 44.5 Å². The highest BCUT2D eigenvalue weighted by Crippen LogP contribution is 2.21. The first-order chi connectivity index (χ1) is 9.19. The van der Waals surface area contributed by atoms with Crippen molar-refractivity contribution in [2.45, 2.75) is 45.2 Å². The van der Waals surface area contributed by atoms with E-state index in [4.69, 9.17) is 0 Å². The van der Waals surface area contributed by atoms with Gasteiger partial charge in [0.2, 0.25) is 10.0 Å². The smallest absolute Gasteiger partial charge is 0.241 e. The van der Waals surface area contributed by atoms with Gasteiger partial charge >= 0.3 is 0 Å². The zero-order valence-electron chi connectivity index (χ0n) is 12.6. The van der Waals surface area contributed by atoms with Crippen molar-refractivity contribution in [2.24, 2.45) is 5.92 Å². The Morgan fingerprint density at radius 3 is 2.35 bits per heavy atom. The molecular formula is C14H23FN2O2S. The molecule has 114 valence electrons. The molecular weight excluding hydrogens is 279 g/mol. The van der Waals surface area contributed by atoms with E-state index in [-0.39, 0.29) is 22.4 Å². The van der Waals surface area contributed by atoms with Crippen LogP contribution in [0.15, 0.2) is 17.0 Å². The van der Waals surface area contributed by atoms with Gasteiger partial charge < -0.3 is 5.32 Å². The summed E-state index contributed by atoms with van der Waals surface area (Å²) < 4.78 is 41.2. The molecule has 0 heterocycles. The van der Waals surface area contributed by atoms with Crippen molar-refractivity contribution in [1.82, 2.24) is 10.0 Å². The maximum absolute atomic E-state index is 13.9. The minimum atomic E-state index is -3.72. The van der Waals surface area contributed by atoms with E-state index in [2.05, 4.69) is 10.0 Å². The van der Waals surface area contributed by atoms with Crippen LogP contribution in [-0.2, 0) is 16.6 Å². The number of benzene rings is 1. The second-order valence-electron chi connectivity index (χ2n) is 5.39. The van der Waals surface area contributed by atoms with Crippen molar-refractivity contribution in [3.63, 3.8) is 0 Å². The molecule has 0 saturated heterocycles. The Balaban J connectivity index is 3.23. The van der Waals surface area contributed by atoms with Crippen LogP contribution in [0.2, 0.25) is 0 Å². The second-order valence-corrected chi connectivity index (χ2v) is 7.07. The normalized spacial score (nSPS) is 13.8. The minimum Gasteiger partial charge on any atom is -0.316 e. The number of nitrogens with one attached hydrogen (secondary N) is 2. The third-order valence-electron chi connectivity index (χ3n) is 3.37. The summed E-state index contributed by atoms with van der Waals surface area (Å²) in [6, 6.07) is 2.66. The topological polar surface area (TPSA) is 58.2 Å². The first-order valence-corrected chi connectivity index (χ1v) is 8.13. The maximum Gasteiger partial charge on any atom is 0.241 e. The molecule has 0 bridgehead atoms. The van der Waals surface area contributed by atoms with Crippen molar-refractivity contribution in [1.29, 1.82) is 0 Å². The summed E-state index contributed by atoms with van der Waals surface area (Å²) in [7, 11) is -1.99. The Morgan fingerprint density at radius 1 is 1.25 bits per heavy atom. The van der Waals surface area contributed by atoms with Gasteiger partial charge in [-0.1, -0.05) is 13.8 Å². The van der Waals surface area contributed by atoms with Crippen LogP contribution >= 0.6 is 0 Å². The standard InChI is InChI=1S/C14H23FN2O2S/c1-9(2)11(4)17-20(18,19)14-7-12(8-16-5)6-13(15)10(14)3/h6-7,9,11,16-17H,8H2,1-5H3. The fraction of sp³-hybridized carbons (Fsp3) is 0.571. The molecule has 0 radical (unpaired) electrons. The maximum atomic E-state index is 13.9.